The highest BCUT2D eigenvalue weighted by molar-refractivity contribution is 5.68. The number of carbonyl (C=O) groups is 1. The Hall–Kier alpha value is -1.58. The van der Waals surface area contributed by atoms with Gasteiger partial charge >= 0.3 is 5.97 Å². The van der Waals surface area contributed by atoms with Gasteiger partial charge in [-0.25, -0.2) is 4.39 Å². The Morgan fingerprint density at radius 3 is 2.76 bits per heavy atom. The van der Waals surface area contributed by atoms with E-state index in [1.54, 1.807) is 12.1 Å². The standard InChI is InChI=1S/C13H17FO3/c1-3-4-9(8-13(15)16)10-5-6-11(14)12(7-10)17-2/h5-7,9H,3-4,8H2,1-2H3,(H,15,16)/t9-/m1/s1. The number of halogens is 1. The minimum Gasteiger partial charge on any atom is -0.494 e. The maximum absolute atomic E-state index is 13.2. The van der Waals surface area contributed by atoms with Crippen molar-refractivity contribution in [3.63, 3.8) is 0 Å². The van der Waals surface area contributed by atoms with Gasteiger partial charge in [0.05, 0.1) is 13.5 Å². The fourth-order valence-corrected chi connectivity index (χ4v) is 1.88. The zero-order valence-corrected chi connectivity index (χ0v) is 10.1. The molecule has 0 bridgehead atoms. The fourth-order valence-electron chi connectivity index (χ4n) is 1.88. The van der Waals surface area contributed by atoms with Crippen LogP contribution in [0.15, 0.2) is 18.2 Å². The van der Waals surface area contributed by atoms with E-state index in [0.717, 1.165) is 18.4 Å². The first-order valence-electron chi connectivity index (χ1n) is 5.63. The molecule has 0 aliphatic rings. The summed E-state index contributed by atoms with van der Waals surface area (Å²) < 4.78 is 18.1. The number of carboxylic acid groups (broad SMARTS) is 1. The van der Waals surface area contributed by atoms with Crippen LogP contribution in [0.25, 0.3) is 0 Å². The second-order valence-electron chi connectivity index (χ2n) is 3.98. The molecule has 0 aliphatic carbocycles. The van der Waals surface area contributed by atoms with Crippen LogP contribution >= 0.6 is 0 Å². The van der Waals surface area contributed by atoms with E-state index in [-0.39, 0.29) is 18.1 Å². The van der Waals surface area contributed by atoms with Crippen molar-refractivity contribution in [2.75, 3.05) is 7.11 Å². The molecule has 0 saturated heterocycles. The Bertz CT molecular complexity index is 390. The first kappa shape index (κ1) is 13.5. The maximum Gasteiger partial charge on any atom is 0.303 e. The number of ether oxygens (including phenoxy) is 1. The van der Waals surface area contributed by atoms with E-state index >= 15 is 0 Å². The normalized spacial score (nSPS) is 12.2. The second-order valence-corrected chi connectivity index (χ2v) is 3.98. The Morgan fingerprint density at radius 2 is 2.24 bits per heavy atom. The van der Waals surface area contributed by atoms with Gasteiger partial charge in [-0.2, -0.15) is 0 Å². The van der Waals surface area contributed by atoms with Crippen molar-refractivity contribution in [3.05, 3.63) is 29.6 Å². The zero-order chi connectivity index (χ0) is 12.8. The van der Waals surface area contributed by atoms with Gasteiger partial charge in [-0.05, 0) is 30.0 Å². The van der Waals surface area contributed by atoms with E-state index < -0.39 is 11.8 Å². The number of hydrogen-bond acceptors (Lipinski definition) is 2. The van der Waals surface area contributed by atoms with Gasteiger partial charge in [0, 0.05) is 0 Å². The van der Waals surface area contributed by atoms with Crippen molar-refractivity contribution in [1.82, 2.24) is 0 Å². The lowest BCUT2D eigenvalue weighted by atomic mass is 9.91. The highest BCUT2D eigenvalue weighted by Gasteiger charge is 2.16. The molecular weight excluding hydrogens is 223 g/mol. The second kappa shape index (κ2) is 6.23. The van der Waals surface area contributed by atoms with Crippen LogP contribution in [0.4, 0.5) is 4.39 Å². The summed E-state index contributed by atoms with van der Waals surface area (Å²) in [4.78, 5) is 10.8. The summed E-state index contributed by atoms with van der Waals surface area (Å²) >= 11 is 0. The van der Waals surface area contributed by atoms with Gasteiger partial charge in [0.25, 0.3) is 0 Å². The average molecular weight is 240 g/mol. The molecule has 0 fully saturated rings. The molecule has 17 heavy (non-hydrogen) atoms. The molecule has 0 radical (unpaired) electrons. The van der Waals surface area contributed by atoms with Crippen molar-refractivity contribution in [1.29, 1.82) is 0 Å². The molecule has 0 spiro atoms. The number of methoxy groups -OCH3 is 1. The average Bonchev–Trinajstić information content (AvgIpc) is 2.28. The molecule has 1 rings (SSSR count). The smallest absolute Gasteiger partial charge is 0.303 e. The van der Waals surface area contributed by atoms with Gasteiger partial charge in [-0.3, -0.25) is 4.79 Å². The van der Waals surface area contributed by atoms with Crippen LogP contribution in [0.3, 0.4) is 0 Å². The maximum atomic E-state index is 13.2. The summed E-state index contributed by atoms with van der Waals surface area (Å²) in [5.74, 6) is -1.20. The number of rotatable bonds is 6. The summed E-state index contributed by atoms with van der Waals surface area (Å²) in [6.07, 6.45) is 1.71. The van der Waals surface area contributed by atoms with E-state index in [9.17, 15) is 9.18 Å². The summed E-state index contributed by atoms with van der Waals surface area (Å²) in [7, 11) is 1.40. The van der Waals surface area contributed by atoms with Crippen molar-refractivity contribution < 1.29 is 19.0 Å². The lowest BCUT2D eigenvalue weighted by Crippen LogP contribution is -2.06. The third kappa shape index (κ3) is 3.73. The van der Waals surface area contributed by atoms with E-state index in [2.05, 4.69) is 0 Å². The molecule has 1 atom stereocenters. The van der Waals surface area contributed by atoms with Gasteiger partial charge in [-0.1, -0.05) is 19.4 Å². The molecule has 1 aromatic rings. The Balaban J connectivity index is 2.96. The molecule has 0 heterocycles. The number of hydrogen-bond donors (Lipinski definition) is 1. The van der Waals surface area contributed by atoms with Crippen LogP contribution in [0.5, 0.6) is 5.75 Å². The Morgan fingerprint density at radius 1 is 1.53 bits per heavy atom. The largest absolute Gasteiger partial charge is 0.494 e. The summed E-state index contributed by atoms with van der Waals surface area (Å²) in [6.45, 7) is 2.00. The van der Waals surface area contributed by atoms with Crippen LogP contribution < -0.4 is 4.74 Å². The van der Waals surface area contributed by atoms with Crippen molar-refractivity contribution >= 4 is 5.97 Å². The first-order valence-corrected chi connectivity index (χ1v) is 5.63. The van der Waals surface area contributed by atoms with Gasteiger partial charge in [0.15, 0.2) is 11.6 Å². The van der Waals surface area contributed by atoms with Gasteiger partial charge in [0.2, 0.25) is 0 Å². The quantitative estimate of drug-likeness (QED) is 0.830. The minimum atomic E-state index is -0.841. The van der Waals surface area contributed by atoms with E-state index in [1.807, 2.05) is 6.92 Å². The monoisotopic (exact) mass is 240 g/mol. The van der Waals surface area contributed by atoms with Crippen molar-refractivity contribution in [3.8, 4) is 5.75 Å². The van der Waals surface area contributed by atoms with Crippen LogP contribution in [-0.2, 0) is 4.79 Å². The molecule has 0 aliphatic heterocycles. The number of carboxylic acids is 1. The van der Waals surface area contributed by atoms with Crippen molar-refractivity contribution in [2.45, 2.75) is 32.1 Å². The molecule has 1 aromatic carbocycles. The third-order valence-electron chi connectivity index (χ3n) is 2.70. The summed E-state index contributed by atoms with van der Waals surface area (Å²) in [6, 6.07) is 4.53. The fraction of sp³-hybridized carbons (Fsp3) is 0.462. The van der Waals surface area contributed by atoms with Crippen molar-refractivity contribution in [2.24, 2.45) is 0 Å². The third-order valence-corrected chi connectivity index (χ3v) is 2.70. The van der Waals surface area contributed by atoms with Crippen LogP contribution in [0, 0.1) is 5.82 Å². The molecule has 4 heteroatoms. The molecular formula is C13H17FO3. The Labute approximate surface area is 100 Å². The topological polar surface area (TPSA) is 46.5 Å². The summed E-state index contributed by atoms with van der Waals surface area (Å²) in [5.41, 5.74) is 0.813. The highest BCUT2D eigenvalue weighted by Crippen LogP contribution is 2.29. The predicted molar refractivity (Wildman–Crippen MR) is 62.9 cm³/mol. The minimum absolute atomic E-state index is 0.0582. The molecule has 3 nitrogen and oxygen atoms in total. The highest BCUT2D eigenvalue weighted by atomic mass is 19.1. The SMILES string of the molecule is CCC[C@H](CC(=O)O)c1ccc(F)c(OC)c1. The molecule has 0 saturated carbocycles. The van der Waals surface area contributed by atoms with Crippen LogP contribution in [0.2, 0.25) is 0 Å². The number of aliphatic carboxylic acids is 1. The Kier molecular flexibility index (Phi) is 4.94. The van der Waals surface area contributed by atoms with E-state index in [0.29, 0.717) is 0 Å². The van der Waals surface area contributed by atoms with E-state index in [4.69, 9.17) is 9.84 Å². The van der Waals surface area contributed by atoms with Gasteiger partial charge < -0.3 is 9.84 Å². The van der Waals surface area contributed by atoms with Gasteiger partial charge in [0.1, 0.15) is 0 Å². The number of benzene rings is 1. The zero-order valence-electron chi connectivity index (χ0n) is 10.1. The summed E-state index contributed by atoms with van der Waals surface area (Å²) in [5, 5.41) is 8.85. The van der Waals surface area contributed by atoms with Gasteiger partial charge in [-0.15, -0.1) is 0 Å². The lowest BCUT2D eigenvalue weighted by Gasteiger charge is -2.15. The molecule has 0 unspecified atom stereocenters. The molecule has 94 valence electrons. The molecule has 0 amide bonds. The predicted octanol–water partition coefficient (Wildman–Crippen LogP) is 3.19. The van der Waals surface area contributed by atoms with Crippen LogP contribution in [-0.4, -0.2) is 18.2 Å². The van der Waals surface area contributed by atoms with Crippen LogP contribution in [0.1, 0.15) is 37.7 Å². The van der Waals surface area contributed by atoms with E-state index in [1.165, 1.54) is 13.2 Å². The lowest BCUT2D eigenvalue weighted by molar-refractivity contribution is -0.137. The first-order chi connectivity index (χ1) is 8.08. The molecule has 0 aromatic heterocycles. The molecule has 1 N–H and O–H groups in total.